The van der Waals surface area contributed by atoms with Gasteiger partial charge in [-0.3, -0.25) is 0 Å². The Balaban J connectivity index is 2.29. The molecule has 0 fully saturated rings. The van der Waals surface area contributed by atoms with Crippen molar-refractivity contribution in [2.24, 2.45) is 0 Å². The molecule has 2 rings (SSSR count). The Morgan fingerprint density at radius 1 is 0.944 bits per heavy atom. The smallest absolute Gasteiger partial charge is 0.423 e. The summed E-state index contributed by atoms with van der Waals surface area (Å²) in [5.74, 6) is 0. The van der Waals surface area contributed by atoms with Gasteiger partial charge in [0.2, 0.25) is 0 Å². The first-order chi connectivity index (χ1) is 8.38. The number of thiophene rings is 1. The predicted octanol–water partition coefficient (Wildman–Crippen LogP) is 2.11. The van der Waals surface area contributed by atoms with Crippen LogP contribution in [-0.2, 0) is 6.18 Å². The summed E-state index contributed by atoms with van der Waals surface area (Å²) in [7, 11) is -1.56. The van der Waals surface area contributed by atoms with E-state index in [2.05, 4.69) is 0 Å². The van der Waals surface area contributed by atoms with Crippen molar-refractivity contribution in [1.82, 2.24) is 0 Å². The normalized spacial score (nSPS) is 11.6. The molecule has 0 bridgehead atoms. The maximum Gasteiger partial charge on any atom is 0.499 e. The number of halogens is 3. The van der Waals surface area contributed by atoms with Gasteiger partial charge in [-0.2, -0.15) is 13.2 Å². The number of alkyl halides is 3. The Kier molecular flexibility index (Phi) is 3.47. The highest BCUT2D eigenvalue weighted by Crippen LogP contribution is 2.31. The standard InChI is InChI=1S/C11H8BF3O2S/c13-11(14,15)8-3-1-7(2-4-8)9-5-6-10(18-9)12(16)17/h1-6,16-17H. The van der Waals surface area contributed by atoms with Crippen LogP contribution >= 0.6 is 11.3 Å². The first-order valence-corrected chi connectivity index (χ1v) is 5.83. The molecule has 0 atom stereocenters. The quantitative estimate of drug-likeness (QED) is 0.822. The number of benzene rings is 1. The van der Waals surface area contributed by atoms with Crippen LogP contribution in [0, 0.1) is 0 Å². The second-order valence-corrected chi connectivity index (χ2v) is 4.77. The minimum absolute atomic E-state index is 0.352. The average molecular weight is 272 g/mol. The van der Waals surface area contributed by atoms with Gasteiger partial charge in [-0.25, -0.2) is 0 Å². The highest BCUT2D eigenvalue weighted by Gasteiger charge is 2.30. The van der Waals surface area contributed by atoms with Crippen LogP contribution in [0.1, 0.15) is 5.56 Å². The van der Waals surface area contributed by atoms with Crippen molar-refractivity contribution in [2.75, 3.05) is 0 Å². The van der Waals surface area contributed by atoms with Crippen LogP contribution in [0.4, 0.5) is 13.2 Å². The van der Waals surface area contributed by atoms with Crippen LogP contribution in [0.3, 0.4) is 0 Å². The lowest BCUT2D eigenvalue weighted by atomic mass is 9.90. The third-order valence-electron chi connectivity index (χ3n) is 2.38. The van der Waals surface area contributed by atoms with Gasteiger partial charge < -0.3 is 10.0 Å². The van der Waals surface area contributed by atoms with Crippen molar-refractivity contribution < 1.29 is 23.2 Å². The molecule has 0 radical (unpaired) electrons. The maximum atomic E-state index is 12.4. The summed E-state index contributed by atoms with van der Waals surface area (Å²) in [4.78, 5) is 0.687. The zero-order chi connectivity index (χ0) is 13.3. The van der Waals surface area contributed by atoms with Crippen LogP contribution in [0.2, 0.25) is 0 Å². The summed E-state index contributed by atoms with van der Waals surface area (Å²) in [6, 6.07) is 7.91. The van der Waals surface area contributed by atoms with Gasteiger partial charge in [-0.1, -0.05) is 18.2 Å². The molecule has 0 aliphatic rings. The molecule has 0 aliphatic heterocycles. The van der Waals surface area contributed by atoms with E-state index >= 15 is 0 Å². The van der Waals surface area contributed by atoms with E-state index in [0.717, 1.165) is 23.5 Å². The predicted molar refractivity (Wildman–Crippen MR) is 64.6 cm³/mol. The third-order valence-corrected chi connectivity index (χ3v) is 3.55. The fourth-order valence-corrected chi connectivity index (χ4v) is 2.36. The molecule has 7 heteroatoms. The van der Waals surface area contributed by atoms with Crippen molar-refractivity contribution in [3.05, 3.63) is 42.0 Å². The van der Waals surface area contributed by atoms with Gasteiger partial charge in [0.25, 0.3) is 0 Å². The van der Waals surface area contributed by atoms with Gasteiger partial charge in [0.1, 0.15) is 0 Å². The van der Waals surface area contributed by atoms with Crippen LogP contribution in [-0.4, -0.2) is 17.2 Å². The summed E-state index contributed by atoms with van der Waals surface area (Å²) in [5.41, 5.74) is -0.0925. The summed E-state index contributed by atoms with van der Waals surface area (Å²) in [6.07, 6.45) is -4.35. The zero-order valence-electron chi connectivity index (χ0n) is 8.98. The van der Waals surface area contributed by atoms with E-state index in [1.54, 1.807) is 6.07 Å². The van der Waals surface area contributed by atoms with Crippen molar-refractivity contribution in [2.45, 2.75) is 6.18 Å². The molecule has 0 aliphatic carbocycles. The molecule has 2 N–H and O–H groups in total. The van der Waals surface area contributed by atoms with Crippen molar-refractivity contribution in [3.63, 3.8) is 0 Å². The van der Waals surface area contributed by atoms with Crippen molar-refractivity contribution in [1.29, 1.82) is 0 Å². The second kappa shape index (κ2) is 4.76. The van der Waals surface area contributed by atoms with Crippen LogP contribution in [0.25, 0.3) is 10.4 Å². The Morgan fingerprint density at radius 2 is 1.56 bits per heavy atom. The lowest BCUT2D eigenvalue weighted by Crippen LogP contribution is -2.26. The van der Waals surface area contributed by atoms with E-state index in [1.807, 2.05) is 0 Å². The number of rotatable bonds is 2. The lowest BCUT2D eigenvalue weighted by molar-refractivity contribution is -0.137. The monoisotopic (exact) mass is 272 g/mol. The van der Waals surface area contributed by atoms with E-state index in [-0.39, 0.29) is 0 Å². The largest absolute Gasteiger partial charge is 0.499 e. The molecule has 1 aromatic heterocycles. The van der Waals surface area contributed by atoms with Gasteiger partial charge in [0.05, 0.1) is 5.56 Å². The molecule has 1 aromatic carbocycles. The average Bonchev–Trinajstić information content (AvgIpc) is 2.77. The van der Waals surface area contributed by atoms with Crippen LogP contribution in [0.5, 0.6) is 0 Å². The van der Waals surface area contributed by atoms with E-state index in [4.69, 9.17) is 10.0 Å². The summed E-state index contributed by atoms with van der Waals surface area (Å²) < 4.78 is 37.5. The first-order valence-electron chi connectivity index (χ1n) is 5.01. The molecule has 94 valence electrons. The molecule has 2 aromatic rings. The SMILES string of the molecule is OB(O)c1ccc(-c2ccc(C(F)(F)F)cc2)s1. The molecular weight excluding hydrogens is 264 g/mol. The second-order valence-electron chi connectivity index (χ2n) is 3.65. The lowest BCUT2D eigenvalue weighted by Gasteiger charge is -2.06. The van der Waals surface area contributed by atoms with E-state index in [0.29, 0.717) is 15.2 Å². The minimum atomic E-state index is -4.35. The van der Waals surface area contributed by atoms with Crippen molar-refractivity contribution >= 4 is 23.2 Å². The Hall–Kier alpha value is -1.31. The van der Waals surface area contributed by atoms with Gasteiger partial charge in [0, 0.05) is 9.65 Å². The van der Waals surface area contributed by atoms with E-state index in [9.17, 15) is 13.2 Å². The fourth-order valence-electron chi connectivity index (χ4n) is 1.47. The topological polar surface area (TPSA) is 40.5 Å². The third kappa shape index (κ3) is 2.74. The highest BCUT2D eigenvalue weighted by molar-refractivity contribution is 7.24. The summed E-state index contributed by atoms with van der Waals surface area (Å²) in [5, 5.41) is 17.9. The molecule has 0 unspecified atom stereocenters. The Morgan fingerprint density at radius 3 is 2.00 bits per heavy atom. The van der Waals surface area contributed by atoms with E-state index in [1.165, 1.54) is 18.2 Å². The molecule has 0 amide bonds. The summed E-state index contributed by atoms with van der Waals surface area (Å²) >= 11 is 1.13. The van der Waals surface area contributed by atoms with Crippen LogP contribution < -0.4 is 4.78 Å². The zero-order valence-corrected chi connectivity index (χ0v) is 9.79. The Bertz CT molecular complexity index is 534. The maximum absolute atomic E-state index is 12.4. The fraction of sp³-hybridized carbons (Fsp3) is 0.0909. The highest BCUT2D eigenvalue weighted by atomic mass is 32.1. The molecule has 2 nitrogen and oxygen atoms in total. The molecule has 18 heavy (non-hydrogen) atoms. The van der Waals surface area contributed by atoms with Gasteiger partial charge in [-0.05, 0) is 23.8 Å². The molecule has 0 saturated heterocycles. The molecular formula is C11H8BF3O2S. The van der Waals surface area contributed by atoms with Gasteiger partial charge in [-0.15, -0.1) is 11.3 Å². The molecule has 0 spiro atoms. The number of hydrogen-bond acceptors (Lipinski definition) is 3. The molecule has 1 heterocycles. The number of hydrogen-bond donors (Lipinski definition) is 2. The first kappa shape index (κ1) is 13.1. The van der Waals surface area contributed by atoms with Gasteiger partial charge in [0.15, 0.2) is 0 Å². The summed E-state index contributed by atoms with van der Waals surface area (Å²) in [6.45, 7) is 0. The van der Waals surface area contributed by atoms with Gasteiger partial charge >= 0.3 is 13.3 Å². The van der Waals surface area contributed by atoms with Crippen molar-refractivity contribution in [3.8, 4) is 10.4 Å². The Labute approximate surface area is 105 Å². The minimum Gasteiger partial charge on any atom is -0.423 e. The van der Waals surface area contributed by atoms with Crippen LogP contribution in [0.15, 0.2) is 36.4 Å². The molecule has 0 saturated carbocycles. The van der Waals surface area contributed by atoms with E-state index < -0.39 is 18.9 Å².